The summed E-state index contributed by atoms with van der Waals surface area (Å²) in [5.41, 5.74) is 0.692. The summed E-state index contributed by atoms with van der Waals surface area (Å²) in [5, 5.41) is 8.78. The summed E-state index contributed by atoms with van der Waals surface area (Å²) in [6.45, 7) is 5.96. The van der Waals surface area contributed by atoms with Gasteiger partial charge in [-0.05, 0) is 12.1 Å². The van der Waals surface area contributed by atoms with Crippen molar-refractivity contribution in [2.24, 2.45) is 0 Å². The van der Waals surface area contributed by atoms with Crippen molar-refractivity contribution in [3.05, 3.63) is 24.0 Å². The van der Waals surface area contributed by atoms with E-state index in [9.17, 15) is 4.79 Å². The molecule has 66 valence electrons. The Hall–Kier alpha value is -1.25. The highest BCUT2D eigenvalue weighted by Gasteiger charge is 2.19. The third-order valence-electron chi connectivity index (χ3n) is 1.72. The van der Waals surface area contributed by atoms with Crippen LogP contribution in [0.2, 0.25) is 0 Å². The Kier molecular flexibility index (Phi) is 1.96. The molecule has 0 spiro atoms. The first-order valence-electron chi connectivity index (χ1n) is 3.84. The monoisotopic (exact) mass is 167 g/mol. The molecule has 0 aromatic carbocycles. The molecule has 0 atom stereocenters. The van der Waals surface area contributed by atoms with Crippen LogP contribution in [0, 0.1) is 0 Å². The van der Waals surface area contributed by atoms with Crippen molar-refractivity contribution in [3.8, 4) is 0 Å². The number of carboxylic acid groups (broad SMARTS) is 1. The molecule has 0 radical (unpaired) electrons. The molecule has 0 fully saturated rings. The maximum absolute atomic E-state index is 10.7. The lowest BCUT2D eigenvalue weighted by molar-refractivity contribution is 0.194. The van der Waals surface area contributed by atoms with E-state index < -0.39 is 6.09 Å². The van der Waals surface area contributed by atoms with E-state index in [1.807, 2.05) is 26.8 Å². The average molecular weight is 167 g/mol. The molecule has 0 aliphatic rings. The molecular formula is C9H13NO2. The van der Waals surface area contributed by atoms with Crippen LogP contribution >= 0.6 is 0 Å². The zero-order chi connectivity index (χ0) is 9.35. The highest BCUT2D eigenvalue weighted by atomic mass is 16.4. The van der Waals surface area contributed by atoms with Crippen LogP contribution in [0.1, 0.15) is 26.5 Å². The average Bonchev–Trinajstić information content (AvgIpc) is 2.30. The van der Waals surface area contributed by atoms with Gasteiger partial charge in [-0.3, -0.25) is 4.57 Å². The lowest BCUT2D eigenvalue weighted by Gasteiger charge is -2.19. The van der Waals surface area contributed by atoms with Crippen LogP contribution in [-0.2, 0) is 5.41 Å². The van der Waals surface area contributed by atoms with Crippen LogP contribution < -0.4 is 0 Å². The van der Waals surface area contributed by atoms with Gasteiger partial charge in [0.05, 0.1) is 0 Å². The molecule has 1 heterocycles. The van der Waals surface area contributed by atoms with Crippen LogP contribution in [0.25, 0.3) is 0 Å². The van der Waals surface area contributed by atoms with Crippen LogP contribution in [0.5, 0.6) is 0 Å². The van der Waals surface area contributed by atoms with Crippen LogP contribution in [0.15, 0.2) is 18.3 Å². The number of nitrogens with zero attached hydrogens (tertiary/aromatic N) is 1. The summed E-state index contributed by atoms with van der Waals surface area (Å²) in [7, 11) is 0. The van der Waals surface area contributed by atoms with E-state index >= 15 is 0 Å². The van der Waals surface area contributed by atoms with Crippen molar-refractivity contribution >= 4 is 6.09 Å². The maximum atomic E-state index is 10.7. The lowest BCUT2D eigenvalue weighted by atomic mass is 9.92. The van der Waals surface area contributed by atoms with Gasteiger partial charge in [0.1, 0.15) is 0 Å². The summed E-state index contributed by atoms with van der Waals surface area (Å²) < 4.78 is 1.25. The summed E-state index contributed by atoms with van der Waals surface area (Å²) in [4.78, 5) is 10.7. The molecule has 3 nitrogen and oxygen atoms in total. The van der Waals surface area contributed by atoms with E-state index in [2.05, 4.69) is 0 Å². The molecule has 12 heavy (non-hydrogen) atoms. The number of hydrogen-bond acceptors (Lipinski definition) is 1. The van der Waals surface area contributed by atoms with E-state index in [0.29, 0.717) is 0 Å². The molecule has 0 bridgehead atoms. The molecule has 0 unspecified atom stereocenters. The van der Waals surface area contributed by atoms with Gasteiger partial charge in [-0.2, -0.15) is 0 Å². The molecule has 1 aromatic heterocycles. The van der Waals surface area contributed by atoms with Gasteiger partial charge < -0.3 is 5.11 Å². The molecule has 0 aliphatic heterocycles. The van der Waals surface area contributed by atoms with E-state index in [0.717, 1.165) is 5.69 Å². The van der Waals surface area contributed by atoms with Crippen molar-refractivity contribution in [2.75, 3.05) is 0 Å². The van der Waals surface area contributed by atoms with Gasteiger partial charge in [-0.25, -0.2) is 4.79 Å². The van der Waals surface area contributed by atoms with Crippen LogP contribution in [0.4, 0.5) is 4.79 Å². The quantitative estimate of drug-likeness (QED) is 0.644. The Balaban J connectivity index is 3.17. The molecule has 0 aliphatic carbocycles. The number of rotatable bonds is 0. The van der Waals surface area contributed by atoms with Crippen molar-refractivity contribution in [1.29, 1.82) is 0 Å². The zero-order valence-corrected chi connectivity index (χ0v) is 7.53. The molecule has 1 rings (SSSR count). The second kappa shape index (κ2) is 2.66. The highest BCUT2D eigenvalue weighted by Crippen LogP contribution is 2.22. The second-order valence-electron chi connectivity index (χ2n) is 3.80. The normalized spacial score (nSPS) is 11.6. The number of aromatic nitrogens is 1. The van der Waals surface area contributed by atoms with Gasteiger partial charge >= 0.3 is 6.09 Å². The molecule has 3 heteroatoms. The van der Waals surface area contributed by atoms with Gasteiger partial charge in [0.25, 0.3) is 0 Å². The summed E-state index contributed by atoms with van der Waals surface area (Å²) >= 11 is 0. The van der Waals surface area contributed by atoms with Crippen molar-refractivity contribution in [2.45, 2.75) is 26.2 Å². The number of carbonyl (C=O) groups is 1. The Bertz CT molecular complexity index is 294. The third kappa shape index (κ3) is 1.49. The van der Waals surface area contributed by atoms with Crippen molar-refractivity contribution in [1.82, 2.24) is 4.57 Å². The second-order valence-corrected chi connectivity index (χ2v) is 3.80. The minimum absolute atomic E-state index is 0.123. The van der Waals surface area contributed by atoms with E-state index in [1.165, 1.54) is 4.57 Å². The summed E-state index contributed by atoms with van der Waals surface area (Å²) in [6, 6.07) is 3.57. The molecule has 1 aromatic rings. The predicted molar refractivity (Wildman–Crippen MR) is 46.6 cm³/mol. The highest BCUT2D eigenvalue weighted by molar-refractivity contribution is 5.69. The Morgan fingerprint density at radius 1 is 1.50 bits per heavy atom. The summed E-state index contributed by atoms with van der Waals surface area (Å²) in [6.07, 6.45) is 0.632. The molecule has 1 N–H and O–H groups in total. The maximum Gasteiger partial charge on any atom is 0.415 e. The topological polar surface area (TPSA) is 42.2 Å². The standard InChI is InChI=1S/C9H13NO2/c1-9(2,3)7-5-4-6-10(7)8(11)12/h4-6H,1-3H3,(H,11,12). The first kappa shape index (κ1) is 8.84. The van der Waals surface area contributed by atoms with Gasteiger partial charge in [-0.1, -0.05) is 20.8 Å². The molecule has 0 saturated heterocycles. The smallest absolute Gasteiger partial charge is 0.415 e. The summed E-state index contributed by atoms with van der Waals surface area (Å²) in [5.74, 6) is 0. The third-order valence-corrected chi connectivity index (χ3v) is 1.72. The molecular weight excluding hydrogens is 154 g/mol. The fourth-order valence-corrected chi connectivity index (χ4v) is 1.16. The van der Waals surface area contributed by atoms with Gasteiger partial charge in [0.15, 0.2) is 0 Å². The Morgan fingerprint density at radius 3 is 2.42 bits per heavy atom. The van der Waals surface area contributed by atoms with Crippen molar-refractivity contribution in [3.63, 3.8) is 0 Å². The fourth-order valence-electron chi connectivity index (χ4n) is 1.16. The minimum Gasteiger partial charge on any atom is -0.464 e. The number of hydrogen-bond donors (Lipinski definition) is 1. The van der Waals surface area contributed by atoms with Gasteiger partial charge in [-0.15, -0.1) is 0 Å². The largest absolute Gasteiger partial charge is 0.464 e. The van der Waals surface area contributed by atoms with E-state index in [1.54, 1.807) is 12.3 Å². The van der Waals surface area contributed by atoms with E-state index in [4.69, 9.17) is 5.11 Å². The van der Waals surface area contributed by atoms with E-state index in [-0.39, 0.29) is 5.41 Å². The SMILES string of the molecule is CC(C)(C)c1cccn1C(=O)O. The fraction of sp³-hybridized carbons (Fsp3) is 0.444. The first-order chi connectivity index (χ1) is 5.43. The van der Waals surface area contributed by atoms with Crippen LogP contribution in [0.3, 0.4) is 0 Å². The Morgan fingerprint density at radius 2 is 2.08 bits per heavy atom. The van der Waals surface area contributed by atoms with Crippen LogP contribution in [-0.4, -0.2) is 15.8 Å². The van der Waals surface area contributed by atoms with Gasteiger partial charge in [0.2, 0.25) is 0 Å². The minimum atomic E-state index is -0.926. The lowest BCUT2D eigenvalue weighted by Crippen LogP contribution is -2.20. The first-order valence-corrected chi connectivity index (χ1v) is 3.84. The van der Waals surface area contributed by atoms with Crippen molar-refractivity contribution < 1.29 is 9.90 Å². The predicted octanol–water partition coefficient (Wildman–Crippen LogP) is 2.31. The van der Waals surface area contributed by atoms with Gasteiger partial charge in [0, 0.05) is 17.3 Å². The molecule has 0 saturated carbocycles. The Labute approximate surface area is 71.6 Å². The zero-order valence-electron chi connectivity index (χ0n) is 7.53. The molecule has 0 amide bonds.